The van der Waals surface area contributed by atoms with Crippen molar-refractivity contribution in [3.05, 3.63) is 70.6 Å². The first-order valence-corrected chi connectivity index (χ1v) is 11.2. The third-order valence-corrected chi connectivity index (χ3v) is 5.85. The highest BCUT2D eigenvalue weighted by atomic mass is 35.5. The maximum absolute atomic E-state index is 13.7. The second-order valence-corrected chi connectivity index (χ2v) is 9.13. The minimum Gasteiger partial charge on any atom is -0.858 e. The first kappa shape index (κ1) is 22.7. The first-order valence-electron chi connectivity index (χ1n) is 10.8. The van der Waals surface area contributed by atoms with Gasteiger partial charge < -0.3 is 5.11 Å². The van der Waals surface area contributed by atoms with Gasteiger partial charge in [-0.15, -0.1) is 0 Å². The Kier molecular flexibility index (Phi) is 5.84. The fourth-order valence-electron chi connectivity index (χ4n) is 3.93. The van der Waals surface area contributed by atoms with Gasteiger partial charge in [-0.2, -0.15) is 9.67 Å². The lowest BCUT2D eigenvalue weighted by molar-refractivity contribution is -0.577. The highest BCUT2D eigenvalue weighted by Crippen LogP contribution is 2.39. The van der Waals surface area contributed by atoms with Crippen LogP contribution in [0.25, 0.3) is 17.0 Å². The molecule has 3 heterocycles. The van der Waals surface area contributed by atoms with Crippen LogP contribution in [0, 0.1) is 6.92 Å². The highest BCUT2D eigenvalue weighted by Gasteiger charge is 2.47. The molecule has 0 N–H and O–H groups in total. The van der Waals surface area contributed by atoms with E-state index in [1.165, 1.54) is 9.58 Å². The number of carbonyl (C=O) groups excluding carboxylic acids is 2. The quantitative estimate of drug-likeness (QED) is 0.427. The Bertz CT molecular complexity index is 1270. The van der Waals surface area contributed by atoms with Gasteiger partial charge >= 0.3 is 5.91 Å². The number of aromatic nitrogens is 3. The number of amides is 2. The van der Waals surface area contributed by atoms with Gasteiger partial charge in [0.1, 0.15) is 5.57 Å². The summed E-state index contributed by atoms with van der Waals surface area (Å²) in [7, 11) is 0. The summed E-state index contributed by atoms with van der Waals surface area (Å²) in [6.45, 7) is 9.28. The molecule has 0 aliphatic carbocycles. The van der Waals surface area contributed by atoms with Crippen LogP contribution < -0.4 is 9.67 Å². The zero-order chi connectivity index (χ0) is 24.0. The normalized spacial score (nSPS) is 14.4. The Balaban J connectivity index is 2.03. The summed E-state index contributed by atoms with van der Waals surface area (Å²) < 4.78 is 2.87. The third kappa shape index (κ3) is 3.82. The standard InChI is InChI=1S/C25H25ClN4O3/c1-14(2)21-19(24(32)30(27-21)18-8-6-17(26)7-9-18)20-22(28-12-10-16(5)11-13-28)25(33)29(15(3)4)23(20)31/h6-15H,1-5H3. The lowest BCUT2D eigenvalue weighted by Gasteiger charge is -2.19. The van der Waals surface area contributed by atoms with Crippen molar-refractivity contribution in [1.82, 2.24) is 14.7 Å². The summed E-state index contributed by atoms with van der Waals surface area (Å²) in [5, 5.41) is 18.8. The molecule has 4 rings (SSSR count). The van der Waals surface area contributed by atoms with Gasteiger partial charge in [-0.3, -0.25) is 14.5 Å². The number of hydrogen-bond acceptors (Lipinski definition) is 4. The summed E-state index contributed by atoms with van der Waals surface area (Å²) in [5.41, 5.74) is 2.39. The number of pyridine rings is 1. The number of rotatable bonds is 5. The molecule has 0 fully saturated rings. The maximum atomic E-state index is 13.7. The topological polar surface area (TPSA) is 82.1 Å². The van der Waals surface area contributed by atoms with Crippen LogP contribution in [0.1, 0.15) is 50.4 Å². The fourth-order valence-corrected chi connectivity index (χ4v) is 4.06. The Morgan fingerprint density at radius 1 is 0.970 bits per heavy atom. The largest absolute Gasteiger partial charge is 0.858 e. The number of hydrogen-bond donors (Lipinski definition) is 0. The molecule has 0 bridgehead atoms. The molecular formula is C25H25ClN4O3. The number of carbonyl (C=O) groups is 2. The van der Waals surface area contributed by atoms with Crippen LogP contribution in [0.15, 0.2) is 48.8 Å². The summed E-state index contributed by atoms with van der Waals surface area (Å²) in [4.78, 5) is 28.2. The van der Waals surface area contributed by atoms with Crippen molar-refractivity contribution in [2.45, 2.75) is 46.6 Å². The van der Waals surface area contributed by atoms with Gasteiger partial charge in [0.25, 0.3) is 11.6 Å². The van der Waals surface area contributed by atoms with Gasteiger partial charge in [0.2, 0.25) is 0 Å². The molecular weight excluding hydrogens is 440 g/mol. The van der Waals surface area contributed by atoms with E-state index in [1.54, 1.807) is 55.1 Å². The molecule has 1 aromatic carbocycles. The number of nitrogens with zero attached hydrogens (tertiary/aromatic N) is 4. The lowest BCUT2D eigenvalue weighted by atomic mass is 9.98. The Morgan fingerprint density at radius 2 is 1.58 bits per heavy atom. The predicted molar refractivity (Wildman–Crippen MR) is 124 cm³/mol. The van der Waals surface area contributed by atoms with Gasteiger partial charge in [-0.1, -0.05) is 25.4 Å². The first-order chi connectivity index (χ1) is 15.6. The molecule has 7 nitrogen and oxygen atoms in total. The second kappa shape index (κ2) is 8.48. The zero-order valence-corrected chi connectivity index (χ0v) is 19.9. The smallest absolute Gasteiger partial charge is 0.327 e. The van der Waals surface area contributed by atoms with E-state index in [9.17, 15) is 14.7 Å². The van der Waals surface area contributed by atoms with Crippen molar-refractivity contribution in [1.29, 1.82) is 0 Å². The highest BCUT2D eigenvalue weighted by molar-refractivity contribution is 6.45. The van der Waals surface area contributed by atoms with E-state index in [4.69, 9.17) is 11.6 Å². The van der Waals surface area contributed by atoms with Crippen molar-refractivity contribution >= 4 is 34.7 Å². The molecule has 0 saturated heterocycles. The van der Waals surface area contributed by atoms with Crippen molar-refractivity contribution in [2.24, 2.45) is 0 Å². The van der Waals surface area contributed by atoms with Crippen LogP contribution in [-0.2, 0) is 9.59 Å². The summed E-state index contributed by atoms with van der Waals surface area (Å²) in [6, 6.07) is 10.0. The van der Waals surface area contributed by atoms with Gasteiger partial charge in [0.15, 0.2) is 12.4 Å². The molecule has 0 atom stereocenters. The second-order valence-electron chi connectivity index (χ2n) is 8.69. The average molecular weight is 465 g/mol. The Labute approximate surface area is 197 Å². The summed E-state index contributed by atoms with van der Waals surface area (Å²) in [5.74, 6) is -1.54. The van der Waals surface area contributed by atoms with E-state index >= 15 is 0 Å². The average Bonchev–Trinajstić information content (AvgIpc) is 3.22. The predicted octanol–water partition coefficient (Wildman–Crippen LogP) is 3.46. The number of imide groups is 1. The van der Waals surface area contributed by atoms with Crippen LogP contribution in [0.4, 0.5) is 0 Å². The summed E-state index contributed by atoms with van der Waals surface area (Å²) >= 11 is 6.00. The molecule has 0 unspecified atom stereocenters. The van der Waals surface area contributed by atoms with E-state index < -0.39 is 17.7 Å². The Morgan fingerprint density at radius 3 is 2.12 bits per heavy atom. The van der Waals surface area contributed by atoms with Crippen LogP contribution >= 0.6 is 11.6 Å². The number of halogens is 1. The SMILES string of the molecule is Cc1cc[n+](C2=C(c3c(C(C)C)nn(-c4ccc(Cl)cc4)c3[O-])C(=O)N(C(C)C)C2=O)cc1. The molecule has 0 saturated carbocycles. The molecule has 0 radical (unpaired) electrons. The molecule has 1 aliphatic rings. The van der Waals surface area contributed by atoms with Crippen LogP contribution in [0.5, 0.6) is 5.88 Å². The molecule has 2 amide bonds. The monoisotopic (exact) mass is 464 g/mol. The molecule has 0 spiro atoms. The molecule has 170 valence electrons. The van der Waals surface area contributed by atoms with Crippen molar-refractivity contribution in [3.63, 3.8) is 0 Å². The van der Waals surface area contributed by atoms with Crippen molar-refractivity contribution in [2.75, 3.05) is 0 Å². The minimum atomic E-state index is -0.493. The lowest BCUT2D eigenvalue weighted by Crippen LogP contribution is -2.42. The van der Waals surface area contributed by atoms with Gasteiger partial charge in [-0.25, -0.2) is 4.68 Å². The molecule has 2 aromatic heterocycles. The van der Waals surface area contributed by atoms with E-state index in [1.807, 2.05) is 32.9 Å². The van der Waals surface area contributed by atoms with Gasteiger partial charge in [0.05, 0.1) is 11.4 Å². The number of benzene rings is 1. The molecule has 3 aromatic rings. The fraction of sp³-hybridized carbons (Fsp3) is 0.280. The van der Waals surface area contributed by atoms with Crippen LogP contribution in [0.2, 0.25) is 5.02 Å². The maximum Gasteiger partial charge on any atom is 0.327 e. The molecule has 1 aliphatic heterocycles. The molecule has 33 heavy (non-hydrogen) atoms. The summed E-state index contributed by atoms with van der Waals surface area (Å²) in [6.07, 6.45) is 3.45. The number of aryl methyl sites for hydroxylation is 1. The van der Waals surface area contributed by atoms with E-state index in [-0.39, 0.29) is 28.8 Å². The Hall–Kier alpha value is -3.45. The van der Waals surface area contributed by atoms with Crippen LogP contribution in [0.3, 0.4) is 0 Å². The zero-order valence-electron chi connectivity index (χ0n) is 19.2. The van der Waals surface area contributed by atoms with Crippen LogP contribution in [-0.4, -0.2) is 32.5 Å². The van der Waals surface area contributed by atoms with Gasteiger partial charge in [-0.05, 0) is 62.4 Å². The van der Waals surface area contributed by atoms with E-state index in [0.29, 0.717) is 16.4 Å². The van der Waals surface area contributed by atoms with Gasteiger partial charge in [0, 0.05) is 28.8 Å². The van der Waals surface area contributed by atoms with E-state index in [0.717, 1.165) is 5.56 Å². The minimum absolute atomic E-state index is 0.0801. The van der Waals surface area contributed by atoms with Crippen molar-refractivity contribution in [3.8, 4) is 11.6 Å². The molecule has 8 heteroatoms. The van der Waals surface area contributed by atoms with E-state index in [2.05, 4.69) is 5.10 Å². The van der Waals surface area contributed by atoms with Crippen molar-refractivity contribution < 1.29 is 19.3 Å². The third-order valence-electron chi connectivity index (χ3n) is 5.60.